The number of carbonyl (C=O) groups is 1. The lowest BCUT2D eigenvalue weighted by atomic mass is 10.1. The molecule has 110 valence electrons. The van der Waals surface area contributed by atoms with Gasteiger partial charge in [0.15, 0.2) is 0 Å². The van der Waals surface area contributed by atoms with E-state index in [4.69, 9.17) is 10.5 Å². The number of rotatable bonds is 5. The van der Waals surface area contributed by atoms with Gasteiger partial charge in [0.05, 0.1) is 23.5 Å². The van der Waals surface area contributed by atoms with Crippen LogP contribution in [-0.4, -0.2) is 12.6 Å². The van der Waals surface area contributed by atoms with Crippen LogP contribution in [0.4, 0.5) is 11.4 Å². The van der Waals surface area contributed by atoms with Gasteiger partial charge in [0.1, 0.15) is 0 Å². The number of nitrogens with two attached hydrogens (primary N) is 1. The highest BCUT2D eigenvalue weighted by molar-refractivity contribution is 9.10. The summed E-state index contributed by atoms with van der Waals surface area (Å²) in [5, 5.41) is 3.26. The minimum Gasteiger partial charge on any atom is -0.462 e. The van der Waals surface area contributed by atoms with Crippen LogP contribution in [0.25, 0.3) is 0 Å². The Kier molecular flexibility index (Phi) is 5.22. The summed E-state index contributed by atoms with van der Waals surface area (Å²) in [5.41, 5.74) is 8.88. The number of nitrogens with one attached hydrogen (secondary N) is 1. The number of anilines is 2. The molecule has 0 aliphatic carbocycles. The van der Waals surface area contributed by atoms with Gasteiger partial charge in [-0.2, -0.15) is 0 Å². The average molecular weight is 349 g/mol. The minimum absolute atomic E-state index is 0.348. The maximum atomic E-state index is 11.6. The molecule has 3 N–H and O–H groups in total. The molecule has 0 saturated carbocycles. The highest BCUT2D eigenvalue weighted by Crippen LogP contribution is 2.23. The number of benzene rings is 2. The van der Waals surface area contributed by atoms with Crippen LogP contribution in [0.3, 0.4) is 0 Å². The van der Waals surface area contributed by atoms with Gasteiger partial charge in [-0.05, 0) is 36.8 Å². The highest BCUT2D eigenvalue weighted by Gasteiger charge is 2.09. The summed E-state index contributed by atoms with van der Waals surface area (Å²) in [6, 6.07) is 13.1. The Labute approximate surface area is 132 Å². The molecule has 21 heavy (non-hydrogen) atoms. The van der Waals surface area contributed by atoms with Gasteiger partial charge in [-0.25, -0.2) is 4.79 Å². The summed E-state index contributed by atoms with van der Waals surface area (Å²) in [4.78, 5) is 11.6. The fraction of sp³-hybridized carbons (Fsp3) is 0.188. The Morgan fingerprint density at radius 2 is 2.05 bits per heavy atom. The highest BCUT2D eigenvalue weighted by atomic mass is 79.9. The van der Waals surface area contributed by atoms with Crippen LogP contribution < -0.4 is 11.1 Å². The zero-order valence-corrected chi connectivity index (χ0v) is 13.3. The first-order chi connectivity index (χ1) is 10.1. The second-order valence-corrected chi connectivity index (χ2v) is 5.32. The van der Waals surface area contributed by atoms with Gasteiger partial charge in [-0.1, -0.05) is 34.1 Å². The first-order valence-corrected chi connectivity index (χ1v) is 7.45. The average Bonchev–Trinajstić information content (AvgIpc) is 2.47. The van der Waals surface area contributed by atoms with Crippen molar-refractivity contribution in [2.24, 2.45) is 0 Å². The van der Waals surface area contributed by atoms with Crippen LogP contribution in [0.1, 0.15) is 22.8 Å². The smallest absolute Gasteiger partial charge is 0.338 e. The fourth-order valence-corrected chi connectivity index (χ4v) is 2.32. The van der Waals surface area contributed by atoms with E-state index in [9.17, 15) is 4.79 Å². The van der Waals surface area contributed by atoms with Crippen LogP contribution in [0, 0.1) is 0 Å². The van der Waals surface area contributed by atoms with E-state index < -0.39 is 0 Å². The number of esters is 1. The molecule has 0 atom stereocenters. The SMILES string of the molecule is CCOC(=O)c1ccc(NCc2ccccc2Br)c(N)c1. The molecule has 0 fully saturated rings. The van der Waals surface area contributed by atoms with Crippen molar-refractivity contribution in [1.29, 1.82) is 0 Å². The summed E-state index contributed by atoms with van der Waals surface area (Å²) in [5.74, 6) is -0.360. The number of ether oxygens (including phenoxy) is 1. The maximum absolute atomic E-state index is 11.6. The molecule has 0 spiro atoms. The Morgan fingerprint density at radius 3 is 2.71 bits per heavy atom. The summed E-state index contributed by atoms with van der Waals surface area (Å²) < 4.78 is 5.99. The van der Waals surface area contributed by atoms with E-state index in [0.29, 0.717) is 24.4 Å². The van der Waals surface area contributed by atoms with Crippen LogP contribution in [-0.2, 0) is 11.3 Å². The second kappa shape index (κ2) is 7.13. The molecule has 2 aromatic carbocycles. The van der Waals surface area contributed by atoms with Crippen molar-refractivity contribution in [3.63, 3.8) is 0 Å². The van der Waals surface area contributed by atoms with Crippen LogP contribution in [0.2, 0.25) is 0 Å². The van der Waals surface area contributed by atoms with Crippen LogP contribution >= 0.6 is 15.9 Å². The van der Waals surface area contributed by atoms with E-state index in [-0.39, 0.29) is 5.97 Å². The predicted octanol–water partition coefficient (Wildman–Crippen LogP) is 3.82. The van der Waals surface area contributed by atoms with E-state index in [2.05, 4.69) is 21.2 Å². The molecule has 0 heterocycles. The molecule has 0 saturated heterocycles. The molecule has 0 aliphatic rings. The normalized spacial score (nSPS) is 10.2. The van der Waals surface area contributed by atoms with Gasteiger partial charge in [-0.15, -0.1) is 0 Å². The first kappa shape index (κ1) is 15.4. The quantitative estimate of drug-likeness (QED) is 0.636. The molecule has 0 aromatic heterocycles. The molecule has 5 heteroatoms. The fourth-order valence-electron chi connectivity index (χ4n) is 1.90. The summed E-state index contributed by atoms with van der Waals surface area (Å²) in [6.07, 6.45) is 0. The van der Waals surface area contributed by atoms with Gasteiger partial charge in [0.25, 0.3) is 0 Å². The lowest BCUT2D eigenvalue weighted by Gasteiger charge is -2.11. The van der Waals surface area contributed by atoms with Crippen molar-refractivity contribution in [3.05, 3.63) is 58.1 Å². The Bertz CT molecular complexity index is 644. The number of nitrogen functional groups attached to an aromatic ring is 1. The molecule has 0 aliphatic heterocycles. The van der Waals surface area contributed by atoms with Crippen LogP contribution in [0.5, 0.6) is 0 Å². The lowest BCUT2D eigenvalue weighted by Crippen LogP contribution is -2.07. The first-order valence-electron chi connectivity index (χ1n) is 6.65. The predicted molar refractivity (Wildman–Crippen MR) is 88.3 cm³/mol. The third-order valence-corrected chi connectivity index (χ3v) is 3.76. The van der Waals surface area contributed by atoms with E-state index in [1.54, 1.807) is 25.1 Å². The van der Waals surface area contributed by atoms with E-state index in [1.165, 1.54) is 0 Å². The molecule has 0 unspecified atom stereocenters. The van der Waals surface area contributed by atoms with Crippen molar-refractivity contribution < 1.29 is 9.53 Å². The molecular formula is C16H17BrN2O2. The van der Waals surface area contributed by atoms with Crippen LogP contribution in [0.15, 0.2) is 46.9 Å². The van der Waals surface area contributed by atoms with Crippen molar-refractivity contribution in [3.8, 4) is 0 Å². The second-order valence-electron chi connectivity index (χ2n) is 4.47. The van der Waals surface area contributed by atoms with Gasteiger partial charge in [-0.3, -0.25) is 0 Å². The molecular weight excluding hydrogens is 332 g/mol. The molecule has 2 rings (SSSR count). The molecule has 0 bridgehead atoms. The van der Waals surface area contributed by atoms with Crippen molar-refractivity contribution in [1.82, 2.24) is 0 Å². The van der Waals surface area contributed by atoms with Crippen molar-refractivity contribution in [2.75, 3.05) is 17.7 Å². The summed E-state index contributed by atoms with van der Waals surface area (Å²) >= 11 is 3.50. The van der Waals surface area contributed by atoms with Crippen molar-refractivity contribution >= 4 is 33.3 Å². The van der Waals surface area contributed by atoms with E-state index in [1.807, 2.05) is 24.3 Å². The Hall–Kier alpha value is -2.01. The standard InChI is InChI=1S/C16H17BrN2O2/c1-2-21-16(20)11-7-8-15(14(18)9-11)19-10-12-5-3-4-6-13(12)17/h3-9,19H,2,10,18H2,1H3. The summed E-state index contributed by atoms with van der Waals surface area (Å²) in [7, 11) is 0. The lowest BCUT2D eigenvalue weighted by molar-refractivity contribution is 0.0526. The third kappa shape index (κ3) is 3.98. The number of hydrogen-bond acceptors (Lipinski definition) is 4. The monoisotopic (exact) mass is 348 g/mol. The van der Waals surface area contributed by atoms with Gasteiger partial charge >= 0.3 is 5.97 Å². The number of halogens is 1. The molecule has 4 nitrogen and oxygen atoms in total. The number of carbonyl (C=O) groups excluding carboxylic acids is 1. The topological polar surface area (TPSA) is 64.3 Å². The zero-order chi connectivity index (χ0) is 15.2. The van der Waals surface area contributed by atoms with E-state index >= 15 is 0 Å². The summed E-state index contributed by atoms with van der Waals surface area (Å²) in [6.45, 7) is 2.76. The van der Waals surface area contributed by atoms with E-state index in [0.717, 1.165) is 15.7 Å². The third-order valence-electron chi connectivity index (χ3n) is 2.99. The molecule has 0 radical (unpaired) electrons. The van der Waals surface area contributed by atoms with Crippen molar-refractivity contribution in [2.45, 2.75) is 13.5 Å². The largest absolute Gasteiger partial charge is 0.462 e. The van der Waals surface area contributed by atoms with Gasteiger partial charge in [0, 0.05) is 11.0 Å². The van der Waals surface area contributed by atoms with Gasteiger partial charge < -0.3 is 15.8 Å². The Balaban J connectivity index is 2.08. The molecule has 0 amide bonds. The zero-order valence-electron chi connectivity index (χ0n) is 11.7. The molecule has 2 aromatic rings. The Morgan fingerprint density at radius 1 is 1.29 bits per heavy atom. The minimum atomic E-state index is -0.360. The number of hydrogen-bond donors (Lipinski definition) is 2. The van der Waals surface area contributed by atoms with Gasteiger partial charge in [0.2, 0.25) is 0 Å². The maximum Gasteiger partial charge on any atom is 0.338 e.